The number of imidazole rings is 1. The van der Waals surface area contributed by atoms with Crippen molar-refractivity contribution in [2.75, 3.05) is 13.1 Å². The van der Waals surface area contributed by atoms with Crippen LogP contribution in [0.5, 0.6) is 0 Å². The van der Waals surface area contributed by atoms with Crippen molar-refractivity contribution < 1.29 is 4.79 Å². The van der Waals surface area contributed by atoms with Crippen molar-refractivity contribution in [1.29, 1.82) is 0 Å². The van der Waals surface area contributed by atoms with Crippen molar-refractivity contribution in [1.82, 2.24) is 19.8 Å². The Labute approximate surface area is 126 Å². The Bertz CT molecular complexity index is 478. The Balaban J connectivity index is 1.58. The maximum Gasteiger partial charge on any atom is 0.224 e. The van der Waals surface area contributed by atoms with E-state index < -0.39 is 0 Å². The summed E-state index contributed by atoms with van der Waals surface area (Å²) in [5, 5.41) is 3.65. The molecule has 0 saturated carbocycles. The summed E-state index contributed by atoms with van der Waals surface area (Å²) in [6, 6.07) is 0.955. The molecule has 2 fully saturated rings. The van der Waals surface area contributed by atoms with Gasteiger partial charge in [-0.3, -0.25) is 4.79 Å². The molecule has 2 aliphatic rings. The van der Waals surface area contributed by atoms with Gasteiger partial charge in [0.15, 0.2) is 0 Å². The van der Waals surface area contributed by atoms with Crippen LogP contribution in [-0.4, -0.2) is 39.5 Å². The van der Waals surface area contributed by atoms with Gasteiger partial charge in [0.05, 0.1) is 12.0 Å². The molecule has 0 spiro atoms. The highest BCUT2D eigenvalue weighted by Crippen LogP contribution is 2.25. The molecule has 5 heteroatoms. The molecule has 1 amide bonds. The zero-order valence-electron chi connectivity index (χ0n) is 12.9. The van der Waals surface area contributed by atoms with E-state index in [9.17, 15) is 4.79 Å². The van der Waals surface area contributed by atoms with Crippen LogP contribution >= 0.6 is 0 Å². The number of amides is 1. The van der Waals surface area contributed by atoms with Crippen molar-refractivity contribution in [3.05, 3.63) is 18.2 Å². The molecule has 3 heterocycles. The van der Waals surface area contributed by atoms with Gasteiger partial charge in [0.1, 0.15) is 0 Å². The summed E-state index contributed by atoms with van der Waals surface area (Å²) in [5.74, 6) is 0.289. The van der Waals surface area contributed by atoms with Crippen LogP contribution in [0.25, 0.3) is 0 Å². The quantitative estimate of drug-likeness (QED) is 0.924. The lowest BCUT2D eigenvalue weighted by Gasteiger charge is -2.29. The standard InChI is InChI=1S/C16H26N4O/c1-13-5-4-6-14(18-13)15-11-17-12-20(15)10-7-16(21)19-8-2-3-9-19/h11-14,18H,2-10H2,1H3. The first kappa shape index (κ1) is 14.6. The highest BCUT2D eigenvalue weighted by molar-refractivity contribution is 5.76. The van der Waals surface area contributed by atoms with E-state index in [1.807, 2.05) is 17.4 Å². The van der Waals surface area contributed by atoms with Gasteiger partial charge in [-0.2, -0.15) is 0 Å². The number of carbonyl (C=O) groups excluding carboxylic acids is 1. The topological polar surface area (TPSA) is 50.2 Å². The Hall–Kier alpha value is -1.36. The first-order valence-corrected chi connectivity index (χ1v) is 8.28. The predicted molar refractivity (Wildman–Crippen MR) is 81.8 cm³/mol. The van der Waals surface area contributed by atoms with Crippen LogP contribution in [0.3, 0.4) is 0 Å². The van der Waals surface area contributed by atoms with Gasteiger partial charge in [-0.1, -0.05) is 0 Å². The molecule has 2 unspecified atom stereocenters. The van der Waals surface area contributed by atoms with Crippen LogP contribution < -0.4 is 5.32 Å². The molecule has 21 heavy (non-hydrogen) atoms. The molecule has 1 aromatic rings. The van der Waals surface area contributed by atoms with E-state index in [-0.39, 0.29) is 5.91 Å². The average Bonchev–Trinajstić information content (AvgIpc) is 3.16. The number of nitrogens with one attached hydrogen (secondary N) is 1. The molecule has 2 saturated heterocycles. The summed E-state index contributed by atoms with van der Waals surface area (Å²) in [4.78, 5) is 18.5. The fourth-order valence-corrected chi connectivity index (χ4v) is 3.52. The minimum atomic E-state index is 0.289. The highest BCUT2D eigenvalue weighted by atomic mass is 16.2. The molecule has 1 N–H and O–H groups in total. The van der Waals surface area contributed by atoms with Crippen molar-refractivity contribution in [2.24, 2.45) is 0 Å². The maximum absolute atomic E-state index is 12.2. The van der Waals surface area contributed by atoms with Gasteiger partial charge in [-0.15, -0.1) is 0 Å². The summed E-state index contributed by atoms with van der Waals surface area (Å²) >= 11 is 0. The number of hydrogen-bond donors (Lipinski definition) is 1. The molecule has 0 aromatic carbocycles. The van der Waals surface area contributed by atoms with Crippen molar-refractivity contribution in [3.63, 3.8) is 0 Å². The third-order valence-corrected chi connectivity index (χ3v) is 4.74. The van der Waals surface area contributed by atoms with Gasteiger partial charge in [-0.05, 0) is 39.0 Å². The van der Waals surface area contributed by atoms with E-state index in [0.717, 1.165) is 38.9 Å². The molecular weight excluding hydrogens is 264 g/mol. The third-order valence-electron chi connectivity index (χ3n) is 4.74. The van der Waals surface area contributed by atoms with E-state index >= 15 is 0 Å². The first-order chi connectivity index (χ1) is 10.2. The monoisotopic (exact) mass is 290 g/mol. The molecule has 2 atom stereocenters. The van der Waals surface area contributed by atoms with Crippen LogP contribution in [0.4, 0.5) is 0 Å². The highest BCUT2D eigenvalue weighted by Gasteiger charge is 2.23. The average molecular weight is 290 g/mol. The van der Waals surface area contributed by atoms with E-state index in [1.54, 1.807) is 0 Å². The number of hydrogen-bond acceptors (Lipinski definition) is 3. The summed E-state index contributed by atoms with van der Waals surface area (Å²) < 4.78 is 2.16. The second kappa shape index (κ2) is 6.60. The number of rotatable bonds is 4. The predicted octanol–water partition coefficient (Wildman–Crippen LogP) is 2.10. The lowest BCUT2D eigenvalue weighted by Crippen LogP contribution is -2.35. The number of carbonyl (C=O) groups is 1. The van der Waals surface area contributed by atoms with E-state index in [1.165, 1.54) is 18.5 Å². The fourth-order valence-electron chi connectivity index (χ4n) is 3.52. The van der Waals surface area contributed by atoms with Gasteiger partial charge in [0.25, 0.3) is 0 Å². The summed E-state index contributed by atoms with van der Waals surface area (Å²) in [5.41, 5.74) is 1.23. The van der Waals surface area contributed by atoms with Crippen LogP contribution in [0, 0.1) is 0 Å². The van der Waals surface area contributed by atoms with Gasteiger partial charge in [0, 0.05) is 44.3 Å². The largest absolute Gasteiger partial charge is 0.343 e. The second-order valence-electron chi connectivity index (χ2n) is 6.40. The molecule has 0 radical (unpaired) electrons. The zero-order chi connectivity index (χ0) is 14.7. The molecule has 3 rings (SSSR count). The van der Waals surface area contributed by atoms with E-state index in [0.29, 0.717) is 18.5 Å². The number of nitrogens with zero attached hydrogens (tertiary/aromatic N) is 3. The molecule has 116 valence electrons. The van der Waals surface area contributed by atoms with Gasteiger partial charge in [0.2, 0.25) is 5.91 Å². The van der Waals surface area contributed by atoms with Crippen LogP contribution in [-0.2, 0) is 11.3 Å². The third kappa shape index (κ3) is 3.46. The summed E-state index contributed by atoms with van der Waals surface area (Å²) in [7, 11) is 0. The van der Waals surface area contributed by atoms with Crippen LogP contribution in [0.2, 0.25) is 0 Å². The van der Waals surface area contributed by atoms with Crippen LogP contribution in [0.15, 0.2) is 12.5 Å². The second-order valence-corrected chi connectivity index (χ2v) is 6.40. The van der Waals surface area contributed by atoms with E-state index in [2.05, 4.69) is 21.8 Å². The number of likely N-dealkylation sites (tertiary alicyclic amines) is 1. The lowest BCUT2D eigenvalue weighted by molar-refractivity contribution is -0.130. The smallest absolute Gasteiger partial charge is 0.224 e. The SMILES string of the molecule is CC1CCCC(c2cncn2CCC(=O)N2CCCC2)N1. The Morgan fingerprint density at radius 2 is 2.14 bits per heavy atom. The molecule has 1 aromatic heterocycles. The van der Waals surface area contributed by atoms with Gasteiger partial charge >= 0.3 is 0 Å². The molecule has 2 aliphatic heterocycles. The van der Waals surface area contributed by atoms with Gasteiger partial charge < -0.3 is 14.8 Å². The summed E-state index contributed by atoms with van der Waals surface area (Å²) in [6.45, 7) is 4.87. The van der Waals surface area contributed by atoms with Crippen molar-refractivity contribution >= 4 is 5.91 Å². The zero-order valence-corrected chi connectivity index (χ0v) is 12.9. The Kier molecular flexibility index (Phi) is 4.58. The number of piperidine rings is 1. The molecule has 5 nitrogen and oxygen atoms in total. The summed E-state index contributed by atoms with van der Waals surface area (Å²) in [6.07, 6.45) is 10.4. The first-order valence-electron chi connectivity index (χ1n) is 8.28. The molecule has 0 aliphatic carbocycles. The van der Waals surface area contributed by atoms with E-state index in [4.69, 9.17) is 0 Å². The fraction of sp³-hybridized carbons (Fsp3) is 0.750. The Morgan fingerprint density at radius 1 is 1.33 bits per heavy atom. The maximum atomic E-state index is 12.2. The van der Waals surface area contributed by atoms with Crippen molar-refractivity contribution in [3.8, 4) is 0 Å². The number of aryl methyl sites for hydroxylation is 1. The molecule has 0 bridgehead atoms. The Morgan fingerprint density at radius 3 is 2.90 bits per heavy atom. The van der Waals surface area contributed by atoms with Gasteiger partial charge in [-0.25, -0.2) is 4.98 Å². The van der Waals surface area contributed by atoms with Crippen molar-refractivity contribution in [2.45, 2.75) is 64.1 Å². The normalized spacial score (nSPS) is 26.2. The minimum Gasteiger partial charge on any atom is -0.343 e. The van der Waals surface area contributed by atoms with Crippen LogP contribution in [0.1, 0.15) is 57.2 Å². The minimum absolute atomic E-state index is 0.289. The lowest BCUT2D eigenvalue weighted by atomic mass is 9.97. The number of aromatic nitrogens is 2. The molecular formula is C16H26N4O.